The molecule has 1 unspecified atom stereocenters. The van der Waals surface area contributed by atoms with Crippen molar-refractivity contribution in [2.24, 2.45) is 4.99 Å². The summed E-state index contributed by atoms with van der Waals surface area (Å²) in [5.74, 6) is 0.558. The largest absolute Gasteiger partial charge is 0.285 e. The molecule has 1 atom stereocenters. The van der Waals surface area contributed by atoms with Gasteiger partial charge in [0.05, 0.1) is 6.04 Å². The lowest BCUT2D eigenvalue weighted by Crippen LogP contribution is -1.93. The second kappa shape index (κ2) is 6.71. The maximum atomic E-state index is 6.18. The van der Waals surface area contributed by atoms with Crippen LogP contribution in [0.25, 0.3) is 0 Å². The van der Waals surface area contributed by atoms with E-state index >= 15 is 0 Å². The summed E-state index contributed by atoms with van der Waals surface area (Å²) in [4.78, 5) is 4.59. The van der Waals surface area contributed by atoms with Gasteiger partial charge in [-0.25, -0.2) is 0 Å². The number of hydrogen-bond acceptors (Lipinski definition) is 1. The van der Waals surface area contributed by atoms with E-state index < -0.39 is 0 Å². The van der Waals surface area contributed by atoms with E-state index in [9.17, 15) is 0 Å². The van der Waals surface area contributed by atoms with Crippen molar-refractivity contribution in [1.82, 2.24) is 0 Å². The Balaban J connectivity index is 2.11. The predicted molar refractivity (Wildman–Crippen MR) is 88.0 cm³/mol. The Kier molecular flexibility index (Phi) is 4.97. The standard InChI is InChI=1S/C18H20ClN/c1-13(2)16-10-8-15(9-11-16)12-20-14(3)17-6-4-5-7-18(17)19/h4-14H,1-3H3. The summed E-state index contributed by atoms with van der Waals surface area (Å²) in [6, 6.07) is 16.5. The Morgan fingerprint density at radius 1 is 0.950 bits per heavy atom. The van der Waals surface area contributed by atoms with Crippen LogP contribution in [0.3, 0.4) is 0 Å². The summed E-state index contributed by atoms with van der Waals surface area (Å²) in [6.07, 6.45) is 1.91. The first-order chi connectivity index (χ1) is 9.58. The van der Waals surface area contributed by atoms with Crippen LogP contribution in [0.5, 0.6) is 0 Å². The first-order valence-corrected chi connectivity index (χ1v) is 7.33. The zero-order chi connectivity index (χ0) is 14.5. The Hall–Kier alpha value is -1.60. The lowest BCUT2D eigenvalue weighted by atomic mass is 10.0. The topological polar surface area (TPSA) is 12.4 Å². The molecule has 0 spiro atoms. The highest BCUT2D eigenvalue weighted by Gasteiger charge is 2.06. The van der Waals surface area contributed by atoms with Crippen molar-refractivity contribution >= 4 is 17.8 Å². The summed E-state index contributed by atoms with van der Waals surface area (Å²) in [5.41, 5.74) is 3.53. The molecule has 104 valence electrons. The molecule has 20 heavy (non-hydrogen) atoms. The molecule has 0 aliphatic rings. The van der Waals surface area contributed by atoms with Gasteiger partial charge in [0.25, 0.3) is 0 Å². The molecule has 0 N–H and O–H groups in total. The number of hydrogen-bond donors (Lipinski definition) is 0. The number of benzene rings is 2. The SMILES string of the molecule is CC(C)c1ccc(C=NC(C)c2ccccc2Cl)cc1. The highest BCUT2D eigenvalue weighted by atomic mass is 35.5. The Morgan fingerprint density at radius 3 is 2.20 bits per heavy atom. The van der Waals surface area contributed by atoms with E-state index in [1.165, 1.54) is 5.56 Å². The van der Waals surface area contributed by atoms with Crippen LogP contribution in [-0.2, 0) is 0 Å². The van der Waals surface area contributed by atoms with Gasteiger partial charge in [-0.05, 0) is 35.6 Å². The molecule has 1 nitrogen and oxygen atoms in total. The molecule has 0 fully saturated rings. The average molecular weight is 286 g/mol. The van der Waals surface area contributed by atoms with Gasteiger partial charge in [-0.15, -0.1) is 0 Å². The normalized spacial score (nSPS) is 13.1. The third-order valence-corrected chi connectivity index (χ3v) is 3.75. The van der Waals surface area contributed by atoms with E-state index in [2.05, 4.69) is 50.0 Å². The second-order valence-corrected chi connectivity index (χ2v) is 5.70. The third kappa shape index (κ3) is 3.71. The molecule has 0 radical (unpaired) electrons. The molecule has 0 saturated carbocycles. The first-order valence-electron chi connectivity index (χ1n) is 6.95. The smallest absolute Gasteiger partial charge is 0.0735 e. The number of nitrogens with zero attached hydrogens (tertiary/aromatic N) is 1. The van der Waals surface area contributed by atoms with E-state index in [4.69, 9.17) is 11.6 Å². The summed E-state index contributed by atoms with van der Waals surface area (Å²) in [5, 5.41) is 0.771. The number of halogens is 1. The van der Waals surface area contributed by atoms with Crippen LogP contribution in [0.15, 0.2) is 53.5 Å². The van der Waals surface area contributed by atoms with E-state index in [1.54, 1.807) is 0 Å². The quantitative estimate of drug-likeness (QED) is 0.644. The fourth-order valence-corrected chi connectivity index (χ4v) is 2.35. The van der Waals surface area contributed by atoms with E-state index in [0.717, 1.165) is 16.1 Å². The highest BCUT2D eigenvalue weighted by molar-refractivity contribution is 6.31. The first kappa shape index (κ1) is 14.8. The molecular formula is C18H20ClN. The maximum absolute atomic E-state index is 6.18. The van der Waals surface area contributed by atoms with Crippen molar-refractivity contribution in [2.45, 2.75) is 32.7 Å². The fourth-order valence-electron chi connectivity index (χ4n) is 2.06. The third-order valence-electron chi connectivity index (χ3n) is 3.41. The van der Waals surface area contributed by atoms with Crippen LogP contribution >= 0.6 is 11.6 Å². The predicted octanol–water partition coefficient (Wildman–Crippen LogP) is 5.64. The van der Waals surface area contributed by atoms with Gasteiger partial charge in [-0.1, -0.05) is 67.9 Å². The van der Waals surface area contributed by atoms with Gasteiger partial charge in [0, 0.05) is 11.2 Å². The van der Waals surface area contributed by atoms with Crippen LogP contribution in [0.4, 0.5) is 0 Å². The molecule has 0 aliphatic heterocycles. The van der Waals surface area contributed by atoms with Gasteiger partial charge in [0.1, 0.15) is 0 Å². The molecule has 0 saturated heterocycles. The van der Waals surface area contributed by atoms with Crippen LogP contribution in [0.1, 0.15) is 49.4 Å². The summed E-state index contributed by atoms with van der Waals surface area (Å²) >= 11 is 6.18. The summed E-state index contributed by atoms with van der Waals surface area (Å²) in [6.45, 7) is 6.45. The molecule has 0 aliphatic carbocycles. The van der Waals surface area contributed by atoms with E-state index in [0.29, 0.717) is 5.92 Å². The van der Waals surface area contributed by atoms with Crippen molar-refractivity contribution in [1.29, 1.82) is 0 Å². The second-order valence-electron chi connectivity index (χ2n) is 5.30. The van der Waals surface area contributed by atoms with Gasteiger partial charge in [-0.3, -0.25) is 4.99 Å². The Morgan fingerprint density at radius 2 is 1.60 bits per heavy atom. The number of rotatable bonds is 4. The molecule has 0 aromatic heterocycles. The van der Waals surface area contributed by atoms with Crippen LogP contribution < -0.4 is 0 Å². The minimum Gasteiger partial charge on any atom is -0.285 e. The average Bonchev–Trinajstić information content (AvgIpc) is 2.45. The van der Waals surface area contributed by atoms with Crippen molar-refractivity contribution < 1.29 is 0 Å². The summed E-state index contributed by atoms with van der Waals surface area (Å²) < 4.78 is 0. The van der Waals surface area contributed by atoms with Gasteiger partial charge in [0.2, 0.25) is 0 Å². The van der Waals surface area contributed by atoms with E-state index in [-0.39, 0.29) is 6.04 Å². The fraction of sp³-hybridized carbons (Fsp3) is 0.278. The van der Waals surface area contributed by atoms with Crippen LogP contribution in [0, 0.1) is 0 Å². The van der Waals surface area contributed by atoms with Crippen molar-refractivity contribution in [3.05, 3.63) is 70.2 Å². The van der Waals surface area contributed by atoms with Gasteiger partial charge >= 0.3 is 0 Å². The van der Waals surface area contributed by atoms with Crippen molar-refractivity contribution in [2.75, 3.05) is 0 Å². The summed E-state index contributed by atoms with van der Waals surface area (Å²) in [7, 11) is 0. The molecule has 0 amide bonds. The zero-order valence-electron chi connectivity index (χ0n) is 12.2. The minimum atomic E-state index is 0.0634. The molecule has 2 heteroatoms. The van der Waals surface area contributed by atoms with E-state index in [1.807, 2.05) is 30.5 Å². The number of aliphatic imine (C=N–C) groups is 1. The molecular weight excluding hydrogens is 266 g/mol. The molecule has 0 bridgehead atoms. The Labute approximate surface area is 126 Å². The minimum absolute atomic E-state index is 0.0634. The van der Waals surface area contributed by atoms with Crippen LogP contribution in [0.2, 0.25) is 5.02 Å². The van der Waals surface area contributed by atoms with Crippen molar-refractivity contribution in [3.63, 3.8) is 0 Å². The lowest BCUT2D eigenvalue weighted by Gasteiger charge is -2.09. The monoisotopic (exact) mass is 285 g/mol. The Bertz CT molecular complexity index is 585. The lowest BCUT2D eigenvalue weighted by molar-refractivity contribution is 0.825. The maximum Gasteiger partial charge on any atom is 0.0735 e. The van der Waals surface area contributed by atoms with Gasteiger partial charge in [0.15, 0.2) is 0 Å². The molecule has 0 heterocycles. The highest BCUT2D eigenvalue weighted by Crippen LogP contribution is 2.24. The van der Waals surface area contributed by atoms with Crippen LogP contribution in [-0.4, -0.2) is 6.21 Å². The van der Waals surface area contributed by atoms with Gasteiger partial charge < -0.3 is 0 Å². The molecule has 2 aromatic rings. The molecule has 2 aromatic carbocycles. The zero-order valence-corrected chi connectivity index (χ0v) is 12.9. The van der Waals surface area contributed by atoms with Crippen molar-refractivity contribution in [3.8, 4) is 0 Å². The molecule has 2 rings (SSSR count). The van der Waals surface area contributed by atoms with Gasteiger partial charge in [-0.2, -0.15) is 0 Å².